The Morgan fingerprint density at radius 3 is 3.00 bits per heavy atom. The maximum Gasteiger partial charge on any atom is 0.272 e. The van der Waals surface area contributed by atoms with Gasteiger partial charge in [-0.1, -0.05) is 0 Å². The van der Waals surface area contributed by atoms with Gasteiger partial charge in [0.1, 0.15) is 5.69 Å². The van der Waals surface area contributed by atoms with E-state index in [4.69, 9.17) is 0 Å². The minimum atomic E-state index is -0.372. The van der Waals surface area contributed by atoms with E-state index in [1.807, 2.05) is 13.8 Å². The summed E-state index contributed by atoms with van der Waals surface area (Å²) in [6.45, 7) is 5.59. The summed E-state index contributed by atoms with van der Waals surface area (Å²) in [4.78, 5) is 13.8. The Balaban J connectivity index is 2.20. The van der Waals surface area contributed by atoms with E-state index in [0.29, 0.717) is 31.7 Å². The molecule has 0 aliphatic carbocycles. The van der Waals surface area contributed by atoms with Gasteiger partial charge in [0, 0.05) is 19.6 Å². The van der Waals surface area contributed by atoms with Gasteiger partial charge in [0.05, 0.1) is 11.8 Å². The molecule has 0 unspecified atom stereocenters. The second-order valence-corrected chi connectivity index (χ2v) is 4.18. The lowest BCUT2D eigenvalue weighted by Gasteiger charge is -2.15. The van der Waals surface area contributed by atoms with Gasteiger partial charge in [-0.2, -0.15) is 5.10 Å². The minimum Gasteiger partial charge on any atom is -0.391 e. The van der Waals surface area contributed by atoms with E-state index < -0.39 is 0 Å². The number of aliphatic hydroxyl groups is 1. The number of rotatable bonds is 2. The van der Waals surface area contributed by atoms with Crippen molar-refractivity contribution in [1.82, 2.24) is 14.7 Å². The number of aliphatic hydroxyl groups excluding tert-OH is 1. The Morgan fingerprint density at radius 1 is 1.69 bits per heavy atom. The van der Waals surface area contributed by atoms with Crippen LogP contribution in [0, 0.1) is 6.92 Å². The molecule has 0 radical (unpaired) electrons. The minimum absolute atomic E-state index is 0.0287. The van der Waals surface area contributed by atoms with Crippen LogP contribution in [0.3, 0.4) is 0 Å². The first-order valence-electron chi connectivity index (χ1n) is 5.63. The fourth-order valence-corrected chi connectivity index (χ4v) is 2.05. The van der Waals surface area contributed by atoms with Crippen LogP contribution in [0.25, 0.3) is 0 Å². The molecular weight excluding hydrogens is 206 g/mol. The van der Waals surface area contributed by atoms with Crippen molar-refractivity contribution in [2.75, 3.05) is 13.1 Å². The molecule has 88 valence electrons. The molecule has 0 aromatic carbocycles. The van der Waals surface area contributed by atoms with Gasteiger partial charge >= 0.3 is 0 Å². The standard InChI is InChI=1S/C11H17N3O2/c1-3-14-10(6-8(2)12-14)11(16)13-5-4-9(15)7-13/h6,9,15H,3-5,7H2,1-2H3/t9-/m0/s1. The molecule has 1 aromatic heterocycles. The van der Waals surface area contributed by atoms with Gasteiger partial charge in [0.2, 0.25) is 0 Å². The van der Waals surface area contributed by atoms with Crippen molar-refractivity contribution in [2.45, 2.75) is 32.9 Å². The number of carbonyl (C=O) groups is 1. The van der Waals surface area contributed by atoms with Crippen LogP contribution in [-0.4, -0.2) is 44.9 Å². The molecule has 0 spiro atoms. The molecule has 1 aromatic rings. The number of aryl methyl sites for hydroxylation is 2. The van der Waals surface area contributed by atoms with Gasteiger partial charge < -0.3 is 10.0 Å². The van der Waals surface area contributed by atoms with Crippen molar-refractivity contribution < 1.29 is 9.90 Å². The smallest absolute Gasteiger partial charge is 0.272 e. The van der Waals surface area contributed by atoms with E-state index in [9.17, 15) is 9.90 Å². The summed E-state index contributed by atoms with van der Waals surface area (Å²) in [6.07, 6.45) is 0.299. The van der Waals surface area contributed by atoms with Crippen LogP contribution in [0.5, 0.6) is 0 Å². The van der Waals surface area contributed by atoms with Gasteiger partial charge in [-0.05, 0) is 26.3 Å². The summed E-state index contributed by atoms with van der Waals surface area (Å²) in [5.74, 6) is -0.0287. The van der Waals surface area contributed by atoms with E-state index in [2.05, 4.69) is 5.10 Å². The largest absolute Gasteiger partial charge is 0.391 e. The van der Waals surface area contributed by atoms with Crippen molar-refractivity contribution in [3.05, 3.63) is 17.5 Å². The third-order valence-electron chi connectivity index (χ3n) is 2.87. The number of nitrogens with zero attached hydrogens (tertiary/aromatic N) is 3. The zero-order valence-electron chi connectivity index (χ0n) is 9.68. The van der Waals surface area contributed by atoms with Crippen molar-refractivity contribution in [3.8, 4) is 0 Å². The molecule has 1 amide bonds. The average Bonchev–Trinajstić information content (AvgIpc) is 2.83. The van der Waals surface area contributed by atoms with Crippen LogP contribution >= 0.6 is 0 Å². The molecule has 16 heavy (non-hydrogen) atoms. The number of carbonyl (C=O) groups excluding carboxylic acids is 1. The first-order valence-corrected chi connectivity index (χ1v) is 5.63. The van der Waals surface area contributed by atoms with E-state index in [-0.39, 0.29) is 12.0 Å². The van der Waals surface area contributed by atoms with Gasteiger partial charge in [-0.25, -0.2) is 0 Å². The summed E-state index contributed by atoms with van der Waals surface area (Å²) in [6, 6.07) is 1.80. The maximum absolute atomic E-state index is 12.1. The molecule has 1 fully saturated rings. The molecule has 1 saturated heterocycles. The van der Waals surface area contributed by atoms with Gasteiger partial charge in [-0.3, -0.25) is 9.48 Å². The van der Waals surface area contributed by atoms with Crippen molar-refractivity contribution >= 4 is 5.91 Å². The first kappa shape index (κ1) is 11.1. The molecule has 1 N–H and O–H groups in total. The molecule has 1 aliphatic rings. The second kappa shape index (κ2) is 4.25. The first-order chi connectivity index (χ1) is 7.61. The number of β-amino-alcohol motifs (C(OH)–C–C–N with tert-alkyl or cyclic N) is 1. The third kappa shape index (κ3) is 1.95. The van der Waals surface area contributed by atoms with Crippen LogP contribution in [0.4, 0.5) is 0 Å². The van der Waals surface area contributed by atoms with Crippen LogP contribution in [0.2, 0.25) is 0 Å². The summed E-state index contributed by atoms with van der Waals surface area (Å²) in [7, 11) is 0. The lowest BCUT2D eigenvalue weighted by atomic mass is 10.3. The zero-order chi connectivity index (χ0) is 11.7. The number of amides is 1. The van der Waals surface area contributed by atoms with Crippen molar-refractivity contribution in [2.24, 2.45) is 0 Å². The highest BCUT2D eigenvalue weighted by molar-refractivity contribution is 5.92. The molecule has 2 rings (SSSR count). The number of likely N-dealkylation sites (tertiary alicyclic amines) is 1. The number of aromatic nitrogens is 2. The average molecular weight is 223 g/mol. The highest BCUT2D eigenvalue weighted by Crippen LogP contribution is 2.14. The monoisotopic (exact) mass is 223 g/mol. The van der Waals surface area contributed by atoms with Gasteiger partial charge in [0.25, 0.3) is 5.91 Å². The predicted molar refractivity (Wildman–Crippen MR) is 59.2 cm³/mol. The van der Waals surface area contributed by atoms with E-state index in [0.717, 1.165) is 5.69 Å². The predicted octanol–water partition coefficient (Wildman–Crippen LogP) is 0.418. The molecule has 1 aliphatic heterocycles. The number of hydrogen-bond acceptors (Lipinski definition) is 3. The van der Waals surface area contributed by atoms with Crippen molar-refractivity contribution in [3.63, 3.8) is 0 Å². The quantitative estimate of drug-likeness (QED) is 0.790. The number of hydrogen-bond donors (Lipinski definition) is 1. The summed E-state index contributed by atoms with van der Waals surface area (Å²) >= 11 is 0. The molecule has 5 heteroatoms. The summed E-state index contributed by atoms with van der Waals surface area (Å²) in [5.41, 5.74) is 1.47. The molecule has 0 saturated carbocycles. The molecule has 5 nitrogen and oxygen atoms in total. The van der Waals surface area contributed by atoms with E-state index in [1.54, 1.807) is 15.6 Å². The van der Waals surface area contributed by atoms with Gasteiger partial charge in [-0.15, -0.1) is 0 Å². The fraction of sp³-hybridized carbons (Fsp3) is 0.636. The Labute approximate surface area is 94.7 Å². The highest BCUT2D eigenvalue weighted by Gasteiger charge is 2.27. The second-order valence-electron chi connectivity index (χ2n) is 4.18. The zero-order valence-corrected chi connectivity index (χ0v) is 9.68. The Hall–Kier alpha value is -1.36. The topological polar surface area (TPSA) is 58.4 Å². The van der Waals surface area contributed by atoms with Crippen molar-refractivity contribution in [1.29, 1.82) is 0 Å². The maximum atomic E-state index is 12.1. The van der Waals surface area contributed by atoms with Crippen LogP contribution in [0.1, 0.15) is 29.5 Å². The van der Waals surface area contributed by atoms with Gasteiger partial charge in [0.15, 0.2) is 0 Å². The fourth-order valence-electron chi connectivity index (χ4n) is 2.05. The SMILES string of the molecule is CCn1nc(C)cc1C(=O)N1CC[C@H](O)C1. The van der Waals surface area contributed by atoms with Crippen LogP contribution in [0.15, 0.2) is 6.07 Å². The Bertz CT molecular complexity index is 400. The van der Waals surface area contributed by atoms with E-state index >= 15 is 0 Å². The van der Waals surface area contributed by atoms with Crippen LogP contribution < -0.4 is 0 Å². The third-order valence-corrected chi connectivity index (χ3v) is 2.87. The lowest BCUT2D eigenvalue weighted by Crippen LogP contribution is -2.31. The highest BCUT2D eigenvalue weighted by atomic mass is 16.3. The normalized spacial score (nSPS) is 20.4. The lowest BCUT2D eigenvalue weighted by molar-refractivity contribution is 0.0753. The molecular formula is C11H17N3O2. The molecule has 0 bridgehead atoms. The molecule has 2 heterocycles. The summed E-state index contributed by atoms with van der Waals surface area (Å²) in [5, 5.41) is 13.7. The summed E-state index contributed by atoms with van der Waals surface area (Å²) < 4.78 is 1.71. The Kier molecular flexibility index (Phi) is 2.96. The van der Waals surface area contributed by atoms with Crippen LogP contribution in [-0.2, 0) is 6.54 Å². The Morgan fingerprint density at radius 2 is 2.44 bits per heavy atom. The van der Waals surface area contributed by atoms with E-state index in [1.165, 1.54) is 0 Å². The molecule has 1 atom stereocenters.